The fourth-order valence-corrected chi connectivity index (χ4v) is 8.92. The Labute approximate surface area is 180 Å². The summed E-state index contributed by atoms with van der Waals surface area (Å²) in [5.41, 5.74) is 2.82. The van der Waals surface area contributed by atoms with Crippen LogP contribution < -0.4 is 0 Å². The van der Waals surface area contributed by atoms with Crippen molar-refractivity contribution < 1.29 is 0 Å². The van der Waals surface area contributed by atoms with Gasteiger partial charge in [0.25, 0.3) is 0 Å². The topological polar surface area (TPSA) is 0 Å². The van der Waals surface area contributed by atoms with Gasteiger partial charge in [0.15, 0.2) is 0 Å². The predicted octanol–water partition coefficient (Wildman–Crippen LogP) is 8.64. The van der Waals surface area contributed by atoms with Gasteiger partial charge in [-0.3, -0.25) is 0 Å². The maximum atomic E-state index is 6.56. The van der Waals surface area contributed by atoms with Gasteiger partial charge < -0.3 is 0 Å². The van der Waals surface area contributed by atoms with E-state index < -0.39 is 0 Å². The molecule has 160 valence electrons. The third-order valence-corrected chi connectivity index (χ3v) is 10.6. The van der Waals surface area contributed by atoms with E-state index in [9.17, 15) is 0 Å². The molecular weight excluding hydrogens is 360 g/mol. The first kappa shape index (κ1) is 21.3. The number of rotatable bonds is 5. The van der Waals surface area contributed by atoms with Crippen LogP contribution in [0.15, 0.2) is 11.6 Å². The van der Waals surface area contributed by atoms with Crippen molar-refractivity contribution >= 4 is 11.6 Å². The van der Waals surface area contributed by atoms with Gasteiger partial charge in [-0.15, -0.1) is 11.6 Å². The molecular formula is C27H45Cl. The van der Waals surface area contributed by atoms with Gasteiger partial charge in [0.05, 0.1) is 0 Å². The van der Waals surface area contributed by atoms with Crippen LogP contribution in [0.4, 0.5) is 0 Å². The van der Waals surface area contributed by atoms with E-state index in [-0.39, 0.29) is 0 Å². The average Bonchev–Trinajstić information content (AvgIpc) is 2.99. The zero-order chi connectivity index (χ0) is 20.1. The summed E-state index contributed by atoms with van der Waals surface area (Å²) in [5, 5.41) is 0.396. The molecule has 0 aromatic heterocycles. The number of halogens is 1. The molecule has 0 heterocycles. The van der Waals surface area contributed by atoms with E-state index in [1.165, 1.54) is 70.6 Å². The van der Waals surface area contributed by atoms with Gasteiger partial charge in [-0.1, -0.05) is 65.5 Å². The van der Waals surface area contributed by atoms with Crippen LogP contribution in [0.1, 0.15) is 105 Å². The third-order valence-electron chi connectivity index (χ3n) is 10.2. The number of alkyl halides is 1. The number of hydrogen-bond donors (Lipinski definition) is 0. The molecule has 3 saturated carbocycles. The Morgan fingerprint density at radius 2 is 1.79 bits per heavy atom. The van der Waals surface area contributed by atoms with Crippen molar-refractivity contribution in [2.24, 2.45) is 46.3 Å². The first-order valence-electron chi connectivity index (χ1n) is 12.6. The van der Waals surface area contributed by atoms with Gasteiger partial charge in [0.2, 0.25) is 0 Å². The first-order valence-corrected chi connectivity index (χ1v) is 13.0. The lowest BCUT2D eigenvalue weighted by atomic mass is 9.47. The highest BCUT2D eigenvalue weighted by molar-refractivity contribution is 6.20. The molecule has 1 heteroatoms. The number of fused-ring (bicyclic) bond motifs is 5. The van der Waals surface area contributed by atoms with Crippen molar-refractivity contribution in [3.05, 3.63) is 11.6 Å². The molecule has 8 atom stereocenters. The van der Waals surface area contributed by atoms with Crippen molar-refractivity contribution in [3.63, 3.8) is 0 Å². The summed E-state index contributed by atoms with van der Waals surface area (Å²) in [4.78, 5) is 0. The molecule has 1 unspecified atom stereocenters. The lowest BCUT2D eigenvalue weighted by Gasteiger charge is -2.58. The monoisotopic (exact) mass is 404 g/mol. The molecule has 4 aliphatic rings. The van der Waals surface area contributed by atoms with Crippen LogP contribution in [0.3, 0.4) is 0 Å². The minimum atomic E-state index is 0.396. The first-order chi connectivity index (χ1) is 13.3. The van der Waals surface area contributed by atoms with Gasteiger partial charge in [0, 0.05) is 5.38 Å². The smallest absolute Gasteiger partial charge is 0.0373 e. The molecule has 0 radical (unpaired) electrons. The highest BCUT2D eigenvalue weighted by Gasteiger charge is 2.58. The van der Waals surface area contributed by atoms with Gasteiger partial charge in [-0.25, -0.2) is 0 Å². The largest absolute Gasteiger partial charge is 0.123 e. The molecule has 0 aromatic rings. The number of allylic oxidation sites excluding steroid dienone is 2. The van der Waals surface area contributed by atoms with Crippen LogP contribution in [-0.4, -0.2) is 5.38 Å². The zero-order valence-electron chi connectivity index (χ0n) is 19.3. The molecule has 28 heavy (non-hydrogen) atoms. The molecule has 3 fully saturated rings. The summed E-state index contributed by atoms with van der Waals surface area (Å²) < 4.78 is 0. The van der Waals surface area contributed by atoms with Crippen LogP contribution in [0.5, 0.6) is 0 Å². The van der Waals surface area contributed by atoms with Crippen molar-refractivity contribution in [2.75, 3.05) is 0 Å². The van der Waals surface area contributed by atoms with E-state index in [0.717, 1.165) is 35.5 Å². The van der Waals surface area contributed by atoms with E-state index in [2.05, 4.69) is 40.7 Å². The molecule has 0 N–H and O–H groups in total. The number of hydrogen-bond acceptors (Lipinski definition) is 0. The SMILES string of the molecule is CC(C)CCC[C@@H](C)[C@H]1CC[C@H]2[C@@H]3CC=C4C[C@@H](Cl)CC[C@]4(C)[C@H]3CCC12C. The van der Waals surface area contributed by atoms with Crippen molar-refractivity contribution in [1.29, 1.82) is 0 Å². The van der Waals surface area contributed by atoms with E-state index in [4.69, 9.17) is 11.6 Å². The van der Waals surface area contributed by atoms with Gasteiger partial charge in [-0.05, 0) is 97.7 Å². The van der Waals surface area contributed by atoms with E-state index in [1.54, 1.807) is 5.57 Å². The highest BCUT2D eigenvalue weighted by Crippen LogP contribution is 2.67. The highest BCUT2D eigenvalue weighted by atomic mass is 35.5. The molecule has 0 aromatic carbocycles. The molecule has 0 aliphatic heterocycles. The molecule has 0 bridgehead atoms. The lowest BCUT2D eigenvalue weighted by molar-refractivity contribution is -0.0498. The maximum absolute atomic E-state index is 6.56. The summed E-state index contributed by atoms with van der Waals surface area (Å²) in [6.07, 6.45) is 18.0. The molecule has 0 amide bonds. The Balaban J connectivity index is 1.49. The second-order valence-corrected chi connectivity index (χ2v) is 12.7. The van der Waals surface area contributed by atoms with Gasteiger partial charge in [0.1, 0.15) is 0 Å². The summed E-state index contributed by atoms with van der Waals surface area (Å²) in [7, 11) is 0. The predicted molar refractivity (Wildman–Crippen MR) is 123 cm³/mol. The Morgan fingerprint density at radius 1 is 1.00 bits per heavy atom. The van der Waals surface area contributed by atoms with Crippen LogP contribution in [0.25, 0.3) is 0 Å². The quantitative estimate of drug-likeness (QED) is 0.317. The maximum Gasteiger partial charge on any atom is 0.0373 e. The van der Waals surface area contributed by atoms with Crippen LogP contribution in [0, 0.1) is 46.3 Å². The van der Waals surface area contributed by atoms with Crippen molar-refractivity contribution in [3.8, 4) is 0 Å². The Hall–Kier alpha value is 0.0300. The summed E-state index contributed by atoms with van der Waals surface area (Å²) in [5.74, 6) is 5.62. The molecule has 0 nitrogen and oxygen atoms in total. The summed E-state index contributed by atoms with van der Waals surface area (Å²) in [6.45, 7) is 12.7. The van der Waals surface area contributed by atoms with Crippen molar-refractivity contribution in [2.45, 2.75) is 111 Å². The normalized spacial score (nSPS) is 46.5. The molecule has 4 aliphatic carbocycles. The van der Waals surface area contributed by atoms with Crippen molar-refractivity contribution in [1.82, 2.24) is 0 Å². The minimum Gasteiger partial charge on any atom is -0.123 e. The van der Waals surface area contributed by atoms with Crippen LogP contribution in [-0.2, 0) is 0 Å². The van der Waals surface area contributed by atoms with Crippen LogP contribution >= 0.6 is 11.6 Å². The average molecular weight is 405 g/mol. The molecule has 4 rings (SSSR count). The zero-order valence-corrected chi connectivity index (χ0v) is 20.0. The Morgan fingerprint density at radius 3 is 2.54 bits per heavy atom. The van der Waals surface area contributed by atoms with E-state index in [0.29, 0.717) is 16.2 Å². The molecule has 0 saturated heterocycles. The second kappa shape index (κ2) is 7.94. The standard InChI is InChI=1S/C27H45Cl/c1-18(2)7-6-8-19(3)23-11-12-24-22-10-9-20-17-21(28)13-15-26(20,4)25(22)14-16-27(23,24)5/h9,18-19,21-25H,6-8,10-17H2,1-5H3/t19-,21+,22+,23-,24+,25+,26+,27?/m1/s1. The molecule has 0 spiro atoms. The Kier molecular flexibility index (Phi) is 6.03. The van der Waals surface area contributed by atoms with Crippen LogP contribution in [0.2, 0.25) is 0 Å². The second-order valence-electron chi connectivity index (χ2n) is 12.1. The minimum absolute atomic E-state index is 0.396. The fraction of sp³-hybridized carbons (Fsp3) is 0.926. The fourth-order valence-electron chi connectivity index (χ4n) is 8.64. The van der Waals surface area contributed by atoms with E-state index >= 15 is 0 Å². The summed E-state index contributed by atoms with van der Waals surface area (Å²) >= 11 is 6.56. The lowest BCUT2D eigenvalue weighted by Crippen LogP contribution is -2.50. The van der Waals surface area contributed by atoms with Gasteiger partial charge in [-0.2, -0.15) is 0 Å². The summed E-state index contributed by atoms with van der Waals surface area (Å²) in [6, 6.07) is 0. The third kappa shape index (κ3) is 3.52. The Bertz CT molecular complexity index is 591. The van der Waals surface area contributed by atoms with Gasteiger partial charge >= 0.3 is 0 Å². The van der Waals surface area contributed by atoms with E-state index in [1.807, 2.05) is 0 Å².